The predicted octanol–water partition coefficient (Wildman–Crippen LogP) is 1.78. The molecule has 0 aromatic carbocycles. The number of pyridine rings is 1. The largest absolute Gasteiger partial charge is 0.481 e. The van der Waals surface area contributed by atoms with Gasteiger partial charge in [-0.15, -0.1) is 0 Å². The van der Waals surface area contributed by atoms with Crippen molar-refractivity contribution in [3.8, 4) is 0 Å². The average molecular weight is 313 g/mol. The van der Waals surface area contributed by atoms with Crippen molar-refractivity contribution in [2.75, 3.05) is 13.1 Å². The standard InChI is InChI=1S/C12H13BrN2O3/c13-9-3-4-10(14-6-9)11(16)15-5-1-2-8(7-15)12(17)18/h3-4,6,8H,1-2,5,7H2,(H,17,18). The van der Waals surface area contributed by atoms with E-state index in [4.69, 9.17) is 5.11 Å². The fourth-order valence-electron chi connectivity index (χ4n) is 2.03. The van der Waals surface area contributed by atoms with Crippen LogP contribution in [-0.4, -0.2) is 40.0 Å². The number of hydrogen-bond donors (Lipinski definition) is 1. The van der Waals surface area contributed by atoms with Crippen LogP contribution in [0.4, 0.5) is 0 Å². The topological polar surface area (TPSA) is 70.5 Å². The summed E-state index contributed by atoms with van der Waals surface area (Å²) in [5.74, 6) is -1.50. The van der Waals surface area contributed by atoms with Crippen LogP contribution in [0.25, 0.3) is 0 Å². The Labute approximate surface area is 113 Å². The first kappa shape index (κ1) is 13.0. The maximum absolute atomic E-state index is 12.1. The molecule has 0 bridgehead atoms. The van der Waals surface area contributed by atoms with Crippen molar-refractivity contribution in [1.29, 1.82) is 0 Å². The number of carbonyl (C=O) groups excluding carboxylic acids is 1. The van der Waals surface area contributed by atoms with Gasteiger partial charge in [-0.3, -0.25) is 9.59 Å². The summed E-state index contributed by atoms with van der Waals surface area (Å²) in [5.41, 5.74) is 0.351. The molecule has 1 fully saturated rings. The Balaban J connectivity index is 2.09. The second-order valence-corrected chi connectivity index (χ2v) is 5.21. The second-order valence-electron chi connectivity index (χ2n) is 4.29. The molecule has 1 atom stereocenters. The van der Waals surface area contributed by atoms with Gasteiger partial charge < -0.3 is 10.0 Å². The Hall–Kier alpha value is -1.43. The highest BCUT2D eigenvalue weighted by molar-refractivity contribution is 9.10. The van der Waals surface area contributed by atoms with Crippen molar-refractivity contribution < 1.29 is 14.7 Å². The fraction of sp³-hybridized carbons (Fsp3) is 0.417. The van der Waals surface area contributed by atoms with Gasteiger partial charge in [-0.1, -0.05) is 0 Å². The molecule has 2 heterocycles. The molecule has 1 aromatic heterocycles. The zero-order valence-corrected chi connectivity index (χ0v) is 11.3. The van der Waals surface area contributed by atoms with Crippen LogP contribution in [0, 0.1) is 5.92 Å². The van der Waals surface area contributed by atoms with E-state index in [2.05, 4.69) is 20.9 Å². The number of likely N-dealkylation sites (tertiary alicyclic amines) is 1. The monoisotopic (exact) mass is 312 g/mol. The lowest BCUT2D eigenvalue weighted by Gasteiger charge is -2.30. The number of aliphatic carboxylic acids is 1. The molecule has 96 valence electrons. The lowest BCUT2D eigenvalue weighted by molar-refractivity contribution is -0.143. The second kappa shape index (κ2) is 5.48. The summed E-state index contributed by atoms with van der Waals surface area (Å²) in [4.78, 5) is 28.7. The highest BCUT2D eigenvalue weighted by Crippen LogP contribution is 2.18. The molecule has 0 radical (unpaired) electrons. The number of piperidine rings is 1. The van der Waals surface area contributed by atoms with E-state index in [1.165, 1.54) is 0 Å². The number of carboxylic acids is 1. The zero-order chi connectivity index (χ0) is 13.1. The Morgan fingerprint density at radius 3 is 2.83 bits per heavy atom. The summed E-state index contributed by atoms with van der Waals surface area (Å²) in [6.07, 6.45) is 2.91. The first-order valence-electron chi connectivity index (χ1n) is 5.71. The van der Waals surface area contributed by atoms with Gasteiger partial charge in [-0.05, 0) is 40.9 Å². The molecule has 2 rings (SSSR count). The molecule has 1 aliphatic heterocycles. The number of hydrogen-bond acceptors (Lipinski definition) is 3. The van der Waals surface area contributed by atoms with Crippen LogP contribution in [0.5, 0.6) is 0 Å². The van der Waals surface area contributed by atoms with E-state index in [9.17, 15) is 9.59 Å². The molecule has 1 aromatic rings. The minimum atomic E-state index is -0.837. The van der Waals surface area contributed by atoms with Crippen molar-refractivity contribution in [2.24, 2.45) is 5.92 Å². The molecule has 1 amide bonds. The molecule has 0 aliphatic carbocycles. The molecule has 18 heavy (non-hydrogen) atoms. The Morgan fingerprint density at radius 1 is 1.44 bits per heavy atom. The number of nitrogens with zero attached hydrogens (tertiary/aromatic N) is 2. The van der Waals surface area contributed by atoms with Crippen LogP contribution in [0.3, 0.4) is 0 Å². The molecule has 1 aliphatic rings. The number of carboxylic acid groups (broad SMARTS) is 1. The summed E-state index contributed by atoms with van der Waals surface area (Å²) in [7, 11) is 0. The summed E-state index contributed by atoms with van der Waals surface area (Å²) in [5, 5.41) is 8.98. The Kier molecular flexibility index (Phi) is 3.96. The normalized spacial score (nSPS) is 19.6. The van der Waals surface area contributed by atoms with Crippen LogP contribution >= 0.6 is 15.9 Å². The van der Waals surface area contributed by atoms with Gasteiger partial charge in [0.15, 0.2) is 0 Å². The van der Waals surface area contributed by atoms with Gasteiger partial charge in [-0.25, -0.2) is 4.98 Å². The van der Waals surface area contributed by atoms with Gasteiger partial charge in [0.2, 0.25) is 0 Å². The zero-order valence-electron chi connectivity index (χ0n) is 9.67. The molecular formula is C12H13BrN2O3. The van der Waals surface area contributed by atoms with Gasteiger partial charge in [0.25, 0.3) is 5.91 Å². The quantitative estimate of drug-likeness (QED) is 0.903. The van der Waals surface area contributed by atoms with Crippen LogP contribution < -0.4 is 0 Å². The summed E-state index contributed by atoms with van der Waals surface area (Å²) in [6, 6.07) is 3.38. The van der Waals surface area contributed by atoms with Crippen LogP contribution in [0.2, 0.25) is 0 Å². The minimum absolute atomic E-state index is 0.201. The van der Waals surface area contributed by atoms with Gasteiger partial charge in [-0.2, -0.15) is 0 Å². The van der Waals surface area contributed by atoms with E-state index in [-0.39, 0.29) is 12.5 Å². The lowest BCUT2D eigenvalue weighted by Crippen LogP contribution is -2.42. The SMILES string of the molecule is O=C(O)C1CCCN(C(=O)c2ccc(Br)cn2)C1. The van der Waals surface area contributed by atoms with E-state index < -0.39 is 11.9 Å². The van der Waals surface area contributed by atoms with Gasteiger partial charge in [0.1, 0.15) is 5.69 Å². The molecule has 1 saturated heterocycles. The van der Waals surface area contributed by atoms with Crippen molar-refractivity contribution in [1.82, 2.24) is 9.88 Å². The number of carbonyl (C=O) groups is 2. The first-order chi connectivity index (χ1) is 8.58. The third-order valence-electron chi connectivity index (χ3n) is 3.00. The number of halogens is 1. The summed E-state index contributed by atoms with van der Waals surface area (Å²) in [6.45, 7) is 0.867. The molecular weight excluding hydrogens is 300 g/mol. The summed E-state index contributed by atoms with van der Waals surface area (Å²) < 4.78 is 0.807. The summed E-state index contributed by atoms with van der Waals surface area (Å²) >= 11 is 3.25. The van der Waals surface area contributed by atoms with Gasteiger partial charge in [0, 0.05) is 23.8 Å². The van der Waals surface area contributed by atoms with E-state index in [0.29, 0.717) is 18.7 Å². The molecule has 0 spiro atoms. The number of aromatic nitrogens is 1. The van der Waals surface area contributed by atoms with Gasteiger partial charge >= 0.3 is 5.97 Å². The Bertz CT molecular complexity index is 461. The van der Waals surface area contributed by atoms with Gasteiger partial charge in [0.05, 0.1) is 5.92 Å². The number of amides is 1. The number of rotatable bonds is 2. The third kappa shape index (κ3) is 2.87. The van der Waals surface area contributed by atoms with E-state index in [1.807, 2.05) is 0 Å². The molecule has 5 nitrogen and oxygen atoms in total. The molecule has 1 unspecified atom stereocenters. The smallest absolute Gasteiger partial charge is 0.308 e. The fourth-order valence-corrected chi connectivity index (χ4v) is 2.26. The van der Waals surface area contributed by atoms with E-state index >= 15 is 0 Å². The molecule has 0 saturated carbocycles. The van der Waals surface area contributed by atoms with Crippen LogP contribution in [0.1, 0.15) is 23.3 Å². The Morgan fingerprint density at radius 2 is 2.22 bits per heavy atom. The predicted molar refractivity (Wildman–Crippen MR) is 68.2 cm³/mol. The molecule has 1 N–H and O–H groups in total. The van der Waals surface area contributed by atoms with E-state index in [0.717, 1.165) is 10.9 Å². The third-order valence-corrected chi connectivity index (χ3v) is 3.47. The van der Waals surface area contributed by atoms with Crippen molar-refractivity contribution in [3.05, 3.63) is 28.5 Å². The lowest BCUT2D eigenvalue weighted by atomic mass is 9.98. The average Bonchev–Trinajstić information content (AvgIpc) is 2.39. The van der Waals surface area contributed by atoms with Crippen molar-refractivity contribution in [3.63, 3.8) is 0 Å². The maximum atomic E-state index is 12.1. The minimum Gasteiger partial charge on any atom is -0.481 e. The highest BCUT2D eigenvalue weighted by Gasteiger charge is 2.28. The van der Waals surface area contributed by atoms with Crippen LogP contribution in [0.15, 0.2) is 22.8 Å². The highest BCUT2D eigenvalue weighted by atomic mass is 79.9. The van der Waals surface area contributed by atoms with Crippen LogP contribution in [-0.2, 0) is 4.79 Å². The first-order valence-corrected chi connectivity index (χ1v) is 6.51. The molecule has 6 heteroatoms. The maximum Gasteiger partial charge on any atom is 0.308 e. The van der Waals surface area contributed by atoms with E-state index in [1.54, 1.807) is 23.2 Å². The van der Waals surface area contributed by atoms with Crippen molar-refractivity contribution in [2.45, 2.75) is 12.8 Å². The van der Waals surface area contributed by atoms with Crippen molar-refractivity contribution >= 4 is 27.8 Å².